The fourth-order valence-corrected chi connectivity index (χ4v) is 0.955. The number of rotatable bonds is 5. The Bertz CT molecular complexity index is 223. The lowest BCUT2D eigenvalue weighted by Gasteiger charge is -2.20. The molecule has 0 aliphatic heterocycles. The highest BCUT2D eigenvalue weighted by molar-refractivity contribution is 7.74. The van der Waals surface area contributed by atoms with Gasteiger partial charge in [0.1, 0.15) is 12.2 Å². The summed E-state index contributed by atoms with van der Waals surface area (Å²) in [5, 5.41) is 0. The second kappa shape index (κ2) is 5.11. The Morgan fingerprint density at radius 3 is 2.62 bits per heavy atom. The van der Waals surface area contributed by atoms with Crippen molar-refractivity contribution < 1.29 is 22.5 Å². The fraction of sp³-hybridized carbons (Fsp3) is 0.571. The zero-order valence-electron chi connectivity index (χ0n) is 7.48. The van der Waals surface area contributed by atoms with E-state index >= 15 is 0 Å². The maximum Gasteiger partial charge on any atom is 0.330 e. The molecule has 0 bridgehead atoms. The van der Waals surface area contributed by atoms with E-state index in [-0.39, 0.29) is 6.61 Å². The Labute approximate surface area is 79.2 Å². The van der Waals surface area contributed by atoms with Gasteiger partial charge in [-0.15, -0.1) is 0 Å². The van der Waals surface area contributed by atoms with Crippen LogP contribution in [0.25, 0.3) is 0 Å². The first-order valence-electron chi connectivity index (χ1n) is 3.47. The van der Waals surface area contributed by atoms with Gasteiger partial charge in [0.25, 0.3) is 0 Å². The van der Waals surface area contributed by atoms with Crippen molar-refractivity contribution in [2.75, 3.05) is 6.61 Å². The van der Waals surface area contributed by atoms with Gasteiger partial charge in [-0.2, -0.15) is 4.21 Å². The molecule has 0 aromatic carbocycles. The van der Waals surface area contributed by atoms with E-state index in [1.165, 1.54) is 13.8 Å². The van der Waals surface area contributed by atoms with E-state index in [0.717, 1.165) is 6.08 Å². The topological polar surface area (TPSA) is 72.8 Å². The van der Waals surface area contributed by atoms with E-state index in [1.807, 2.05) is 0 Å². The van der Waals surface area contributed by atoms with Gasteiger partial charge in [0.2, 0.25) is 0 Å². The molecule has 0 rings (SSSR count). The summed E-state index contributed by atoms with van der Waals surface area (Å²) in [6, 6.07) is 0. The second-order valence-corrected chi connectivity index (χ2v) is 3.47. The van der Waals surface area contributed by atoms with Gasteiger partial charge in [-0.1, -0.05) is 6.58 Å². The molecule has 0 amide bonds. The van der Waals surface area contributed by atoms with Gasteiger partial charge >= 0.3 is 17.3 Å². The maximum atomic E-state index is 10.6. The second-order valence-electron chi connectivity index (χ2n) is 2.87. The van der Waals surface area contributed by atoms with Gasteiger partial charge < -0.3 is 4.74 Å². The summed E-state index contributed by atoms with van der Waals surface area (Å²) in [5.41, 5.74) is -0.988. The van der Waals surface area contributed by atoms with Gasteiger partial charge in [0.05, 0.1) is 0 Å². The molecular formula is C7H12O5S. The summed E-state index contributed by atoms with van der Waals surface area (Å²) >= 11 is -2.37. The molecule has 0 aliphatic carbocycles. The van der Waals surface area contributed by atoms with Crippen LogP contribution in [0, 0.1) is 0 Å². The van der Waals surface area contributed by atoms with Crippen molar-refractivity contribution >= 4 is 17.3 Å². The van der Waals surface area contributed by atoms with Crippen molar-refractivity contribution in [3.63, 3.8) is 0 Å². The van der Waals surface area contributed by atoms with Crippen LogP contribution in [0.5, 0.6) is 0 Å². The van der Waals surface area contributed by atoms with E-state index < -0.39 is 22.9 Å². The van der Waals surface area contributed by atoms with Crippen LogP contribution in [0.15, 0.2) is 12.7 Å². The molecule has 6 heteroatoms. The number of ether oxygens (including phenoxy) is 1. The molecule has 0 aliphatic rings. The van der Waals surface area contributed by atoms with Crippen LogP contribution in [0.1, 0.15) is 13.8 Å². The molecule has 13 heavy (non-hydrogen) atoms. The van der Waals surface area contributed by atoms with E-state index in [0.29, 0.717) is 0 Å². The fourth-order valence-electron chi connectivity index (χ4n) is 0.521. The highest BCUT2D eigenvalue weighted by Gasteiger charge is 2.23. The third kappa shape index (κ3) is 6.44. The van der Waals surface area contributed by atoms with Crippen molar-refractivity contribution in [2.45, 2.75) is 19.4 Å². The first kappa shape index (κ1) is 12.3. The average molecular weight is 208 g/mol. The van der Waals surface area contributed by atoms with Crippen LogP contribution < -0.4 is 0 Å². The van der Waals surface area contributed by atoms with Crippen molar-refractivity contribution in [2.24, 2.45) is 0 Å². The zero-order chi connectivity index (χ0) is 10.5. The Morgan fingerprint density at radius 1 is 1.69 bits per heavy atom. The van der Waals surface area contributed by atoms with Crippen LogP contribution in [0.4, 0.5) is 0 Å². The highest BCUT2D eigenvalue weighted by Crippen LogP contribution is 2.10. The molecule has 1 N–H and O–H groups in total. The van der Waals surface area contributed by atoms with E-state index in [4.69, 9.17) is 4.55 Å². The van der Waals surface area contributed by atoms with Crippen LogP contribution in [0.3, 0.4) is 0 Å². The predicted octanol–water partition coefficient (Wildman–Crippen LogP) is 0.647. The first-order chi connectivity index (χ1) is 5.87. The molecule has 5 nitrogen and oxygen atoms in total. The van der Waals surface area contributed by atoms with Crippen molar-refractivity contribution in [3.8, 4) is 0 Å². The van der Waals surface area contributed by atoms with Crippen LogP contribution in [-0.4, -0.2) is 26.9 Å². The lowest BCUT2D eigenvalue weighted by molar-refractivity contribution is -0.142. The molecule has 0 aromatic rings. The minimum absolute atomic E-state index is 0.107. The Morgan fingerprint density at radius 2 is 2.23 bits per heavy atom. The molecule has 0 aromatic heterocycles. The molecule has 76 valence electrons. The number of hydrogen-bond acceptors (Lipinski definition) is 4. The van der Waals surface area contributed by atoms with Gasteiger partial charge in [-0.05, 0) is 13.8 Å². The standard InChI is InChI=1S/C7H12O5S/c1-4-6(8)11-5-7(2,3)12-13(9)10/h4H,1,5H2,2-3H3,(H,9,10). The zero-order valence-corrected chi connectivity index (χ0v) is 8.30. The summed E-state index contributed by atoms with van der Waals surface area (Å²) in [7, 11) is 0. The summed E-state index contributed by atoms with van der Waals surface area (Å²) in [5.74, 6) is -0.597. The maximum absolute atomic E-state index is 10.6. The molecule has 0 radical (unpaired) electrons. The molecule has 1 atom stereocenters. The van der Waals surface area contributed by atoms with Crippen molar-refractivity contribution in [1.29, 1.82) is 0 Å². The summed E-state index contributed by atoms with van der Waals surface area (Å²) < 4.78 is 27.8. The SMILES string of the molecule is C=CC(=O)OCC(C)(C)OS(=O)O. The lowest BCUT2D eigenvalue weighted by atomic mass is 10.2. The molecule has 1 unspecified atom stereocenters. The summed E-state index contributed by atoms with van der Waals surface area (Å²) in [4.78, 5) is 10.6. The van der Waals surface area contributed by atoms with Crippen LogP contribution >= 0.6 is 0 Å². The normalized spacial score (nSPS) is 13.5. The van der Waals surface area contributed by atoms with Crippen LogP contribution in [-0.2, 0) is 25.1 Å². The van der Waals surface area contributed by atoms with E-state index in [9.17, 15) is 9.00 Å². The average Bonchev–Trinajstić information content (AvgIpc) is 1.98. The molecule has 0 spiro atoms. The minimum atomic E-state index is -2.37. The Balaban J connectivity index is 3.95. The third-order valence-electron chi connectivity index (χ3n) is 1.03. The highest BCUT2D eigenvalue weighted by atomic mass is 32.2. The lowest BCUT2D eigenvalue weighted by Crippen LogP contribution is -2.32. The minimum Gasteiger partial charge on any atom is -0.459 e. The first-order valence-corrected chi connectivity index (χ1v) is 4.50. The Hall–Kier alpha value is -0.720. The number of carbonyl (C=O) groups is 1. The van der Waals surface area contributed by atoms with Gasteiger partial charge in [0, 0.05) is 6.08 Å². The molecule has 0 saturated carbocycles. The monoisotopic (exact) mass is 208 g/mol. The van der Waals surface area contributed by atoms with Crippen molar-refractivity contribution in [1.82, 2.24) is 0 Å². The molecular weight excluding hydrogens is 196 g/mol. The van der Waals surface area contributed by atoms with Crippen LogP contribution in [0.2, 0.25) is 0 Å². The van der Waals surface area contributed by atoms with Gasteiger partial charge in [-0.25, -0.2) is 4.79 Å². The molecule has 0 fully saturated rings. The molecule has 0 heterocycles. The largest absolute Gasteiger partial charge is 0.459 e. The summed E-state index contributed by atoms with van der Waals surface area (Å²) in [6.07, 6.45) is 1.01. The number of esters is 1. The predicted molar refractivity (Wildman–Crippen MR) is 47.1 cm³/mol. The Kier molecular flexibility index (Phi) is 4.82. The smallest absolute Gasteiger partial charge is 0.330 e. The molecule has 0 saturated heterocycles. The van der Waals surface area contributed by atoms with E-state index in [2.05, 4.69) is 15.5 Å². The third-order valence-corrected chi connectivity index (χ3v) is 1.62. The number of hydrogen-bond donors (Lipinski definition) is 1. The number of carbonyl (C=O) groups excluding carboxylic acids is 1. The summed E-state index contributed by atoms with van der Waals surface area (Å²) in [6.45, 7) is 6.14. The quantitative estimate of drug-likeness (QED) is 0.408. The van der Waals surface area contributed by atoms with Gasteiger partial charge in [-0.3, -0.25) is 8.74 Å². The van der Waals surface area contributed by atoms with E-state index in [1.54, 1.807) is 0 Å². The van der Waals surface area contributed by atoms with Gasteiger partial charge in [0.15, 0.2) is 0 Å². The van der Waals surface area contributed by atoms with Crippen molar-refractivity contribution in [3.05, 3.63) is 12.7 Å².